The maximum absolute atomic E-state index is 4.25. The van der Waals surface area contributed by atoms with Crippen molar-refractivity contribution in [2.75, 3.05) is 19.6 Å². The number of imidazole rings is 1. The Bertz CT molecular complexity index is 408. The number of hydrogen-bond acceptors (Lipinski definition) is 3. The topological polar surface area (TPSA) is 24.3 Å². The van der Waals surface area contributed by atoms with Gasteiger partial charge < -0.3 is 4.57 Å². The number of rotatable bonds is 4. The average molecular weight is 262 g/mol. The zero-order valence-electron chi connectivity index (χ0n) is 12.3. The maximum atomic E-state index is 4.25. The first-order valence-electron chi connectivity index (χ1n) is 7.75. The Labute approximate surface area is 116 Å². The quantitative estimate of drug-likeness (QED) is 0.829. The van der Waals surface area contributed by atoms with E-state index in [0.29, 0.717) is 0 Å². The summed E-state index contributed by atoms with van der Waals surface area (Å²) in [5.41, 5.74) is 1.35. The van der Waals surface area contributed by atoms with Crippen molar-refractivity contribution in [1.29, 1.82) is 0 Å². The molecule has 2 fully saturated rings. The van der Waals surface area contributed by atoms with E-state index in [1.54, 1.807) is 0 Å². The lowest BCUT2D eigenvalue weighted by molar-refractivity contribution is -0.00716. The van der Waals surface area contributed by atoms with Gasteiger partial charge in [-0.1, -0.05) is 6.42 Å². The predicted molar refractivity (Wildman–Crippen MR) is 77.0 cm³/mol. The molecule has 1 unspecified atom stereocenters. The Kier molecular flexibility index (Phi) is 3.89. The highest BCUT2D eigenvalue weighted by Crippen LogP contribution is 2.25. The van der Waals surface area contributed by atoms with Gasteiger partial charge in [-0.25, -0.2) is 4.98 Å². The fourth-order valence-corrected chi connectivity index (χ4v) is 3.54. The van der Waals surface area contributed by atoms with Crippen LogP contribution in [0, 0.1) is 0 Å². The lowest BCUT2D eigenvalue weighted by atomic mass is 9.97. The normalized spacial score (nSPS) is 26.5. The Balaban J connectivity index is 1.50. The van der Waals surface area contributed by atoms with Crippen LogP contribution in [0.3, 0.4) is 0 Å². The molecule has 19 heavy (non-hydrogen) atoms. The van der Waals surface area contributed by atoms with Crippen LogP contribution >= 0.6 is 0 Å². The minimum Gasteiger partial charge on any atom is -0.334 e. The van der Waals surface area contributed by atoms with Crippen molar-refractivity contribution in [3.63, 3.8) is 0 Å². The number of aryl methyl sites for hydroxylation is 1. The molecule has 4 nitrogen and oxygen atoms in total. The highest BCUT2D eigenvalue weighted by atomic mass is 15.3. The van der Waals surface area contributed by atoms with Crippen LogP contribution in [-0.2, 0) is 13.1 Å². The Morgan fingerprint density at radius 1 is 1.32 bits per heavy atom. The van der Waals surface area contributed by atoms with E-state index < -0.39 is 0 Å². The number of piperidine rings is 1. The number of nitrogens with zero attached hydrogens (tertiary/aromatic N) is 4. The van der Waals surface area contributed by atoms with Gasteiger partial charge >= 0.3 is 0 Å². The summed E-state index contributed by atoms with van der Waals surface area (Å²) in [6.45, 7) is 10.4. The first-order valence-corrected chi connectivity index (χ1v) is 7.75. The molecule has 106 valence electrons. The van der Waals surface area contributed by atoms with Crippen molar-refractivity contribution in [2.24, 2.45) is 0 Å². The van der Waals surface area contributed by atoms with Crippen LogP contribution < -0.4 is 0 Å². The van der Waals surface area contributed by atoms with Crippen LogP contribution in [0.4, 0.5) is 0 Å². The highest BCUT2D eigenvalue weighted by molar-refractivity contribution is 5.01. The largest absolute Gasteiger partial charge is 0.334 e. The third-order valence-corrected chi connectivity index (χ3v) is 4.79. The van der Waals surface area contributed by atoms with Crippen molar-refractivity contribution in [3.05, 3.63) is 18.2 Å². The van der Waals surface area contributed by atoms with Gasteiger partial charge in [0.1, 0.15) is 0 Å². The molecule has 2 aliphatic rings. The number of likely N-dealkylation sites (tertiary alicyclic amines) is 2. The van der Waals surface area contributed by atoms with Crippen LogP contribution in [0.25, 0.3) is 0 Å². The molecule has 3 rings (SSSR count). The molecular weight excluding hydrogens is 236 g/mol. The van der Waals surface area contributed by atoms with Crippen molar-refractivity contribution >= 4 is 0 Å². The Morgan fingerprint density at radius 3 is 2.89 bits per heavy atom. The van der Waals surface area contributed by atoms with Crippen molar-refractivity contribution in [2.45, 2.75) is 58.3 Å². The van der Waals surface area contributed by atoms with Crippen molar-refractivity contribution in [3.8, 4) is 0 Å². The molecule has 0 N–H and O–H groups in total. The van der Waals surface area contributed by atoms with Gasteiger partial charge in [0.05, 0.1) is 12.0 Å². The minimum absolute atomic E-state index is 0.794. The summed E-state index contributed by atoms with van der Waals surface area (Å²) in [6.07, 6.45) is 8.16. The molecule has 1 aromatic rings. The third kappa shape index (κ3) is 2.70. The molecule has 0 aliphatic carbocycles. The van der Waals surface area contributed by atoms with Crippen LogP contribution in [0.1, 0.15) is 38.8 Å². The summed E-state index contributed by atoms with van der Waals surface area (Å²) >= 11 is 0. The SMILES string of the molecule is CCn1cncc1CN1CC(N2CCCCC2C)C1. The smallest absolute Gasteiger partial charge is 0.0948 e. The van der Waals surface area contributed by atoms with E-state index >= 15 is 0 Å². The number of aromatic nitrogens is 2. The van der Waals surface area contributed by atoms with Crippen LogP contribution in [-0.4, -0.2) is 51.1 Å². The lowest BCUT2D eigenvalue weighted by Crippen LogP contribution is -2.61. The van der Waals surface area contributed by atoms with E-state index in [9.17, 15) is 0 Å². The van der Waals surface area contributed by atoms with E-state index in [-0.39, 0.29) is 0 Å². The summed E-state index contributed by atoms with van der Waals surface area (Å²) in [5, 5.41) is 0. The molecule has 0 amide bonds. The molecule has 1 aromatic heterocycles. The second-order valence-electron chi connectivity index (χ2n) is 6.10. The predicted octanol–water partition coefficient (Wildman–Crippen LogP) is 1.96. The number of hydrogen-bond donors (Lipinski definition) is 0. The molecule has 0 saturated carbocycles. The van der Waals surface area contributed by atoms with Crippen molar-refractivity contribution < 1.29 is 0 Å². The monoisotopic (exact) mass is 262 g/mol. The van der Waals surface area contributed by atoms with E-state index in [2.05, 4.69) is 33.2 Å². The first-order chi connectivity index (χ1) is 9.28. The summed E-state index contributed by atoms with van der Waals surface area (Å²) in [7, 11) is 0. The van der Waals surface area contributed by atoms with Gasteiger partial charge in [-0.15, -0.1) is 0 Å². The summed E-state index contributed by atoms with van der Waals surface area (Å²) in [5.74, 6) is 0. The highest BCUT2D eigenvalue weighted by Gasteiger charge is 2.35. The maximum Gasteiger partial charge on any atom is 0.0948 e. The molecule has 2 saturated heterocycles. The summed E-state index contributed by atoms with van der Waals surface area (Å²) in [6, 6.07) is 1.59. The Morgan fingerprint density at radius 2 is 2.16 bits per heavy atom. The zero-order valence-corrected chi connectivity index (χ0v) is 12.3. The second-order valence-corrected chi connectivity index (χ2v) is 6.10. The van der Waals surface area contributed by atoms with E-state index in [1.165, 1.54) is 44.6 Å². The molecule has 4 heteroatoms. The molecule has 0 spiro atoms. The van der Waals surface area contributed by atoms with Gasteiger partial charge in [-0.05, 0) is 33.2 Å². The van der Waals surface area contributed by atoms with Crippen LogP contribution in [0.2, 0.25) is 0 Å². The van der Waals surface area contributed by atoms with Crippen LogP contribution in [0.15, 0.2) is 12.5 Å². The summed E-state index contributed by atoms with van der Waals surface area (Å²) < 4.78 is 2.25. The molecule has 2 aliphatic heterocycles. The van der Waals surface area contributed by atoms with E-state index in [0.717, 1.165) is 25.2 Å². The van der Waals surface area contributed by atoms with Crippen molar-refractivity contribution in [1.82, 2.24) is 19.4 Å². The zero-order chi connectivity index (χ0) is 13.2. The van der Waals surface area contributed by atoms with Gasteiger partial charge in [0.2, 0.25) is 0 Å². The first kappa shape index (κ1) is 13.1. The molecule has 0 aromatic carbocycles. The summed E-state index contributed by atoms with van der Waals surface area (Å²) in [4.78, 5) is 9.54. The van der Waals surface area contributed by atoms with Gasteiger partial charge in [0, 0.05) is 44.5 Å². The van der Waals surface area contributed by atoms with Gasteiger partial charge in [0.25, 0.3) is 0 Å². The molecule has 0 radical (unpaired) electrons. The Hall–Kier alpha value is -0.870. The van der Waals surface area contributed by atoms with E-state index in [1.807, 2.05) is 12.5 Å². The fourth-order valence-electron chi connectivity index (χ4n) is 3.54. The van der Waals surface area contributed by atoms with Gasteiger partial charge in [-0.2, -0.15) is 0 Å². The van der Waals surface area contributed by atoms with Crippen LogP contribution in [0.5, 0.6) is 0 Å². The fraction of sp³-hybridized carbons (Fsp3) is 0.800. The molecule has 0 bridgehead atoms. The molecule has 1 atom stereocenters. The van der Waals surface area contributed by atoms with Gasteiger partial charge in [-0.3, -0.25) is 9.80 Å². The molecule has 3 heterocycles. The lowest BCUT2D eigenvalue weighted by Gasteiger charge is -2.49. The standard InChI is InChI=1S/C15H26N4/c1-3-18-12-16-8-14(18)9-17-10-15(11-17)19-7-5-4-6-13(19)2/h8,12-13,15H,3-7,9-11H2,1-2H3. The minimum atomic E-state index is 0.794. The third-order valence-electron chi connectivity index (χ3n) is 4.79. The second kappa shape index (κ2) is 5.63. The average Bonchev–Trinajstić information content (AvgIpc) is 2.82. The van der Waals surface area contributed by atoms with E-state index in [4.69, 9.17) is 0 Å². The van der Waals surface area contributed by atoms with Gasteiger partial charge in [0.15, 0.2) is 0 Å². The molecular formula is C15H26N4.